The fraction of sp³-hybridized carbons (Fsp3) is 0.278. The van der Waals surface area contributed by atoms with Crippen molar-refractivity contribution in [2.24, 2.45) is 5.10 Å². The number of ether oxygens (including phenoxy) is 2. The van der Waals surface area contributed by atoms with E-state index in [1.807, 2.05) is 55.5 Å². The molecular weight excluding hydrogens is 292 g/mol. The Kier molecular flexibility index (Phi) is 6.94. The molecule has 0 aromatic heterocycles. The summed E-state index contributed by atoms with van der Waals surface area (Å²) in [6.07, 6.45) is 1.68. The van der Waals surface area contributed by atoms with Gasteiger partial charge in [-0.3, -0.25) is 0 Å². The Morgan fingerprint density at radius 3 is 2.65 bits per heavy atom. The molecule has 2 aromatic rings. The second-order valence-corrected chi connectivity index (χ2v) is 4.80. The van der Waals surface area contributed by atoms with Crippen molar-refractivity contribution >= 4 is 6.21 Å². The number of rotatable bonds is 9. The third-order valence-corrected chi connectivity index (χ3v) is 3.03. The summed E-state index contributed by atoms with van der Waals surface area (Å²) in [6, 6.07) is 15.7. The molecule has 0 amide bonds. The van der Waals surface area contributed by atoms with Crippen LogP contribution in [-0.2, 0) is 6.61 Å². The first-order valence-corrected chi connectivity index (χ1v) is 7.64. The molecule has 0 saturated heterocycles. The molecule has 5 nitrogen and oxygen atoms in total. The lowest BCUT2D eigenvalue weighted by Gasteiger charge is -2.12. The van der Waals surface area contributed by atoms with Gasteiger partial charge in [0, 0.05) is 0 Å². The second kappa shape index (κ2) is 9.48. The summed E-state index contributed by atoms with van der Waals surface area (Å²) in [5, 5.41) is 12.7. The van der Waals surface area contributed by atoms with Crippen LogP contribution < -0.4 is 14.9 Å². The highest BCUT2D eigenvalue weighted by molar-refractivity contribution is 5.80. The Labute approximate surface area is 136 Å². The first kappa shape index (κ1) is 16.8. The van der Waals surface area contributed by atoms with E-state index in [0.29, 0.717) is 31.3 Å². The Balaban J connectivity index is 2.05. The number of hydrogen-bond acceptors (Lipinski definition) is 5. The van der Waals surface area contributed by atoms with Crippen LogP contribution in [-0.4, -0.2) is 31.1 Å². The highest BCUT2D eigenvalue weighted by Gasteiger charge is 2.06. The fourth-order valence-electron chi connectivity index (χ4n) is 1.96. The van der Waals surface area contributed by atoms with Crippen molar-refractivity contribution in [1.29, 1.82) is 0 Å². The van der Waals surface area contributed by atoms with E-state index in [9.17, 15) is 0 Å². The topological polar surface area (TPSA) is 63.1 Å². The van der Waals surface area contributed by atoms with Gasteiger partial charge in [0.2, 0.25) is 0 Å². The molecule has 0 aliphatic carbocycles. The molecule has 0 unspecified atom stereocenters. The van der Waals surface area contributed by atoms with Crippen molar-refractivity contribution < 1.29 is 14.6 Å². The minimum atomic E-state index is 0.0494. The van der Waals surface area contributed by atoms with Crippen molar-refractivity contribution in [3.05, 3.63) is 59.7 Å². The molecule has 122 valence electrons. The number of nitrogens with zero attached hydrogens (tertiary/aromatic N) is 1. The summed E-state index contributed by atoms with van der Waals surface area (Å²) in [4.78, 5) is 0. The quantitative estimate of drug-likeness (QED) is 0.424. The van der Waals surface area contributed by atoms with Crippen molar-refractivity contribution in [1.82, 2.24) is 5.43 Å². The molecule has 2 aromatic carbocycles. The Morgan fingerprint density at radius 2 is 1.91 bits per heavy atom. The fourth-order valence-corrected chi connectivity index (χ4v) is 1.96. The maximum Gasteiger partial charge on any atom is 0.161 e. The number of nitrogens with one attached hydrogen (secondary N) is 1. The lowest BCUT2D eigenvalue weighted by atomic mass is 10.2. The Morgan fingerprint density at radius 1 is 1.09 bits per heavy atom. The number of aliphatic hydroxyl groups is 1. The number of hydrazone groups is 1. The van der Waals surface area contributed by atoms with Gasteiger partial charge >= 0.3 is 0 Å². The van der Waals surface area contributed by atoms with Gasteiger partial charge in [0.05, 0.1) is 26.0 Å². The largest absolute Gasteiger partial charge is 0.490 e. The summed E-state index contributed by atoms with van der Waals surface area (Å²) >= 11 is 0. The lowest BCUT2D eigenvalue weighted by molar-refractivity contribution is 0.269. The van der Waals surface area contributed by atoms with Gasteiger partial charge in [-0.05, 0) is 36.2 Å². The highest BCUT2D eigenvalue weighted by atomic mass is 16.5. The van der Waals surface area contributed by atoms with E-state index in [2.05, 4.69) is 10.5 Å². The van der Waals surface area contributed by atoms with Gasteiger partial charge in [-0.2, -0.15) is 5.10 Å². The first-order valence-electron chi connectivity index (χ1n) is 7.64. The van der Waals surface area contributed by atoms with E-state index in [0.717, 1.165) is 11.1 Å². The molecule has 0 heterocycles. The minimum absolute atomic E-state index is 0.0494. The Bertz CT molecular complexity index is 615. The number of hydrogen-bond donors (Lipinski definition) is 2. The van der Waals surface area contributed by atoms with E-state index >= 15 is 0 Å². The van der Waals surface area contributed by atoms with Gasteiger partial charge < -0.3 is 20.0 Å². The third-order valence-electron chi connectivity index (χ3n) is 3.03. The third kappa shape index (κ3) is 5.64. The number of benzene rings is 2. The van der Waals surface area contributed by atoms with E-state index in [1.165, 1.54) is 0 Å². The maximum atomic E-state index is 8.69. The zero-order chi connectivity index (χ0) is 16.3. The smallest absolute Gasteiger partial charge is 0.161 e. The molecule has 0 radical (unpaired) electrons. The standard InChI is InChI=1S/C18H22N2O3/c1-2-22-18-12-16(13-20-19-10-11-21)8-9-17(18)23-14-15-6-4-3-5-7-15/h3-9,12-13,19,21H,2,10-11,14H2,1H3. The average molecular weight is 314 g/mol. The van der Waals surface area contributed by atoms with E-state index in [4.69, 9.17) is 14.6 Å². The zero-order valence-electron chi connectivity index (χ0n) is 13.2. The highest BCUT2D eigenvalue weighted by Crippen LogP contribution is 2.28. The van der Waals surface area contributed by atoms with Crippen LogP contribution >= 0.6 is 0 Å². The summed E-state index contributed by atoms with van der Waals surface area (Å²) in [5.74, 6) is 1.39. The monoisotopic (exact) mass is 314 g/mol. The molecule has 0 aliphatic rings. The Hall–Kier alpha value is -2.53. The number of aliphatic hydroxyl groups excluding tert-OH is 1. The molecule has 23 heavy (non-hydrogen) atoms. The first-order chi connectivity index (χ1) is 11.3. The SMILES string of the molecule is CCOc1cc(C=NNCCO)ccc1OCc1ccccc1. The van der Waals surface area contributed by atoms with Crippen molar-refractivity contribution in [2.75, 3.05) is 19.8 Å². The van der Waals surface area contributed by atoms with E-state index < -0.39 is 0 Å². The predicted molar refractivity (Wildman–Crippen MR) is 91.1 cm³/mol. The van der Waals surface area contributed by atoms with Gasteiger partial charge in [0.15, 0.2) is 11.5 Å². The zero-order valence-corrected chi connectivity index (χ0v) is 13.2. The van der Waals surface area contributed by atoms with Crippen LogP contribution in [0.5, 0.6) is 11.5 Å². The van der Waals surface area contributed by atoms with Crippen molar-refractivity contribution in [3.8, 4) is 11.5 Å². The summed E-state index contributed by atoms with van der Waals surface area (Å²) in [7, 11) is 0. The van der Waals surface area contributed by atoms with Crippen molar-refractivity contribution in [2.45, 2.75) is 13.5 Å². The van der Waals surface area contributed by atoms with Crippen LogP contribution in [0.1, 0.15) is 18.1 Å². The van der Waals surface area contributed by atoms with Gasteiger partial charge in [-0.25, -0.2) is 0 Å². The normalized spacial score (nSPS) is 10.7. The molecule has 0 bridgehead atoms. The van der Waals surface area contributed by atoms with Gasteiger partial charge in [0.1, 0.15) is 6.61 Å². The minimum Gasteiger partial charge on any atom is -0.490 e. The molecule has 0 saturated carbocycles. The summed E-state index contributed by atoms with van der Waals surface area (Å²) < 4.78 is 11.5. The molecule has 0 atom stereocenters. The predicted octanol–water partition coefficient (Wildman–Crippen LogP) is 2.58. The molecule has 2 N–H and O–H groups in total. The summed E-state index contributed by atoms with van der Waals surface area (Å²) in [5.41, 5.74) is 4.74. The van der Waals surface area contributed by atoms with Crippen LogP contribution in [0.3, 0.4) is 0 Å². The van der Waals surface area contributed by atoms with Crippen LogP contribution in [0.15, 0.2) is 53.6 Å². The second-order valence-electron chi connectivity index (χ2n) is 4.80. The molecule has 0 aliphatic heterocycles. The van der Waals surface area contributed by atoms with Crippen LogP contribution in [0.25, 0.3) is 0 Å². The molecule has 2 rings (SSSR count). The maximum absolute atomic E-state index is 8.69. The van der Waals surface area contributed by atoms with E-state index in [1.54, 1.807) is 6.21 Å². The van der Waals surface area contributed by atoms with Crippen LogP contribution in [0.4, 0.5) is 0 Å². The van der Waals surface area contributed by atoms with Gasteiger partial charge in [0.25, 0.3) is 0 Å². The van der Waals surface area contributed by atoms with Crippen LogP contribution in [0, 0.1) is 0 Å². The molecule has 5 heteroatoms. The average Bonchev–Trinajstić information content (AvgIpc) is 2.59. The molecule has 0 spiro atoms. The lowest BCUT2D eigenvalue weighted by Crippen LogP contribution is -2.11. The molecule has 0 fully saturated rings. The van der Waals surface area contributed by atoms with Gasteiger partial charge in [-0.1, -0.05) is 30.3 Å². The van der Waals surface area contributed by atoms with Gasteiger partial charge in [-0.15, -0.1) is 0 Å². The van der Waals surface area contributed by atoms with Crippen molar-refractivity contribution in [3.63, 3.8) is 0 Å². The summed E-state index contributed by atoms with van der Waals surface area (Å²) in [6.45, 7) is 3.46. The van der Waals surface area contributed by atoms with Crippen LogP contribution in [0.2, 0.25) is 0 Å². The molecular formula is C18H22N2O3. The van der Waals surface area contributed by atoms with E-state index in [-0.39, 0.29) is 6.61 Å².